The van der Waals surface area contributed by atoms with E-state index in [-0.39, 0.29) is 11.9 Å². The van der Waals surface area contributed by atoms with Crippen LogP contribution in [0.5, 0.6) is 0 Å². The molecule has 1 fully saturated rings. The van der Waals surface area contributed by atoms with Gasteiger partial charge in [0.25, 0.3) is 0 Å². The van der Waals surface area contributed by atoms with E-state index in [9.17, 15) is 4.79 Å². The first-order valence-electron chi connectivity index (χ1n) is 6.48. The second-order valence-electron chi connectivity index (χ2n) is 5.20. The highest BCUT2D eigenvalue weighted by atomic mass is 79.9. The molecular formula is C14H20BrN3O. The highest BCUT2D eigenvalue weighted by Gasteiger charge is 2.31. The summed E-state index contributed by atoms with van der Waals surface area (Å²) in [6.45, 7) is 1.70. The molecule has 4 nitrogen and oxygen atoms in total. The minimum absolute atomic E-state index is 0.00181. The Morgan fingerprint density at radius 1 is 1.53 bits per heavy atom. The van der Waals surface area contributed by atoms with Crippen molar-refractivity contribution in [3.8, 4) is 0 Å². The van der Waals surface area contributed by atoms with Crippen LogP contribution in [0.2, 0.25) is 0 Å². The van der Waals surface area contributed by atoms with Gasteiger partial charge >= 0.3 is 0 Å². The van der Waals surface area contributed by atoms with Crippen LogP contribution in [0.3, 0.4) is 0 Å². The molecule has 104 valence electrons. The maximum atomic E-state index is 12.1. The molecule has 5 heteroatoms. The minimum Gasteiger partial charge on any atom is -0.398 e. The number of carbonyl (C=O) groups is 1. The molecule has 0 aliphatic carbocycles. The Morgan fingerprint density at radius 3 is 2.89 bits per heavy atom. The third kappa shape index (κ3) is 3.28. The van der Waals surface area contributed by atoms with E-state index >= 15 is 0 Å². The van der Waals surface area contributed by atoms with Crippen LogP contribution in [0.1, 0.15) is 18.4 Å². The molecule has 0 radical (unpaired) electrons. The summed E-state index contributed by atoms with van der Waals surface area (Å²) in [6.07, 6.45) is 2.01. The van der Waals surface area contributed by atoms with Crippen LogP contribution in [0, 0.1) is 0 Å². The molecule has 1 aliphatic heterocycles. The van der Waals surface area contributed by atoms with Gasteiger partial charge in [0.15, 0.2) is 0 Å². The second-order valence-corrected chi connectivity index (χ2v) is 6.12. The molecular weight excluding hydrogens is 306 g/mol. The van der Waals surface area contributed by atoms with Crippen molar-refractivity contribution in [1.29, 1.82) is 0 Å². The van der Waals surface area contributed by atoms with E-state index in [4.69, 9.17) is 5.73 Å². The van der Waals surface area contributed by atoms with Crippen LogP contribution in [0.4, 0.5) is 5.69 Å². The molecule has 0 aromatic heterocycles. The number of rotatable bonds is 3. The Bertz CT molecular complexity index is 476. The molecule has 1 aromatic rings. The molecule has 0 bridgehead atoms. The van der Waals surface area contributed by atoms with Gasteiger partial charge in [-0.3, -0.25) is 9.69 Å². The standard InChI is InChI=1S/C14H20BrN3O/c1-17(2)14(19)13-4-3-7-18(13)9-10-5-6-11(15)8-12(10)16/h5-6,8,13H,3-4,7,9,16H2,1-2H3. The van der Waals surface area contributed by atoms with Gasteiger partial charge in [-0.1, -0.05) is 22.0 Å². The normalized spacial score (nSPS) is 19.6. The summed E-state index contributed by atoms with van der Waals surface area (Å²) < 4.78 is 0.982. The number of amides is 1. The Labute approximate surface area is 122 Å². The molecule has 1 heterocycles. The fraction of sp³-hybridized carbons (Fsp3) is 0.500. The molecule has 2 N–H and O–H groups in total. The molecule has 0 saturated carbocycles. The predicted octanol–water partition coefficient (Wildman–Crippen LogP) is 2.08. The highest BCUT2D eigenvalue weighted by molar-refractivity contribution is 9.10. The van der Waals surface area contributed by atoms with Crippen LogP contribution in [0.15, 0.2) is 22.7 Å². The third-order valence-corrected chi connectivity index (χ3v) is 4.06. The minimum atomic E-state index is -0.00181. The van der Waals surface area contributed by atoms with E-state index in [2.05, 4.69) is 20.8 Å². The van der Waals surface area contributed by atoms with Crippen LogP contribution >= 0.6 is 15.9 Å². The lowest BCUT2D eigenvalue weighted by molar-refractivity contribution is -0.133. The van der Waals surface area contributed by atoms with Gasteiger partial charge in [0, 0.05) is 30.8 Å². The number of nitrogens with two attached hydrogens (primary N) is 1. The third-order valence-electron chi connectivity index (χ3n) is 3.57. The topological polar surface area (TPSA) is 49.6 Å². The number of halogens is 1. The number of likely N-dealkylation sites (tertiary alicyclic amines) is 1. The summed E-state index contributed by atoms with van der Waals surface area (Å²) in [5.74, 6) is 0.188. The van der Waals surface area contributed by atoms with Gasteiger partial charge in [-0.2, -0.15) is 0 Å². The number of hydrogen-bond donors (Lipinski definition) is 1. The maximum Gasteiger partial charge on any atom is 0.239 e. The van der Waals surface area contributed by atoms with Gasteiger partial charge in [0.05, 0.1) is 6.04 Å². The fourth-order valence-corrected chi connectivity index (χ4v) is 2.90. The van der Waals surface area contributed by atoms with Gasteiger partial charge in [0.1, 0.15) is 0 Å². The summed E-state index contributed by atoms with van der Waals surface area (Å²) in [5, 5.41) is 0. The molecule has 19 heavy (non-hydrogen) atoms. The molecule has 1 unspecified atom stereocenters. The monoisotopic (exact) mass is 325 g/mol. The molecule has 1 aromatic carbocycles. The van der Waals surface area contributed by atoms with Crippen LogP contribution in [-0.2, 0) is 11.3 Å². The van der Waals surface area contributed by atoms with Crippen molar-refractivity contribution < 1.29 is 4.79 Å². The number of nitrogen functional groups attached to an aromatic ring is 1. The molecule has 2 rings (SSSR count). The van der Waals surface area contributed by atoms with Crippen molar-refractivity contribution in [3.05, 3.63) is 28.2 Å². The van der Waals surface area contributed by atoms with Crippen molar-refractivity contribution >= 4 is 27.5 Å². The van der Waals surface area contributed by atoms with Crippen molar-refractivity contribution in [1.82, 2.24) is 9.80 Å². The Balaban J connectivity index is 2.11. The summed E-state index contributed by atoms with van der Waals surface area (Å²) >= 11 is 3.41. The molecule has 1 aliphatic rings. The lowest BCUT2D eigenvalue weighted by Crippen LogP contribution is -2.42. The average molecular weight is 326 g/mol. The van der Waals surface area contributed by atoms with Crippen molar-refractivity contribution in [2.24, 2.45) is 0 Å². The zero-order valence-electron chi connectivity index (χ0n) is 11.4. The first kappa shape index (κ1) is 14.3. The number of benzene rings is 1. The van der Waals surface area contributed by atoms with Gasteiger partial charge < -0.3 is 10.6 Å². The Hall–Kier alpha value is -1.07. The van der Waals surface area contributed by atoms with Crippen molar-refractivity contribution in [2.75, 3.05) is 26.4 Å². The molecule has 1 atom stereocenters. The van der Waals surface area contributed by atoms with E-state index in [0.717, 1.165) is 41.7 Å². The fourth-order valence-electron chi connectivity index (χ4n) is 2.52. The smallest absolute Gasteiger partial charge is 0.239 e. The van der Waals surface area contributed by atoms with E-state index in [0.29, 0.717) is 0 Å². The molecule has 0 spiro atoms. The average Bonchev–Trinajstić information content (AvgIpc) is 2.79. The van der Waals surface area contributed by atoms with Crippen LogP contribution in [0.25, 0.3) is 0 Å². The number of carbonyl (C=O) groups excluding carboxylic acids is 1. The summed E-state index contributed by atoms with van der Waals surface area (Å²) in [6, 6.07) is 5.92. The van der Waals surface area contributed by atoms with E-state index in [1.54, 1.807) is 4.90 Å². The van der Waals surface area contributed by atoms with Gasteiger partial charge in [-0.15, -0.1) is 0 Å². The van der Waals surface area contributed by atoms with Crippen molar-refractivity contribution in [2.45, 2.75) is 25.4 Å². The molecule has 1 amide bonds. The lowest BCUT2D eigenvalue weighted by atomic mass is 10.1. The Morgan fingerprint density at radius 2 is 2.26 bits per heavy atom. The maximum absolute atomic E-state index is 12.1. The number of anilines is 1. The van der Waals surface area contributed by atoms with Crippen molar-refractivity contribution in [3.63, 3.8) is 0 Å². The van der Waals surface area contributed by atoms with E-state index in [1.165, 1.54) is 0 Å². The first-order chi connectivity index (χ1) is 8.99. The number of hydrogen-bond acceptors (Lipinski definition) is 3. The zero-order valence-corrected chi connectivity index (χ0v) is 13.0. The first-order valence-corrected chi connectivity index (χ1v) is 7.27. The van der Waals surface area contributed by atoms with Gasteiger partial charge in [-0.05, 0) is 37.1 Å². The van der Waals surface area contributed by atoms with Gasteiger partial charge in [-0.25, -0.2) is 0 Å². The van der Waals surface area contributed by atoms with Crippen LogP contribution < -0.4 is 5.73 Å². The summed E-state index contributed by atoms with van der Waals surface area (Å²) in [5.41, 5.74) is 7.89. The summed E-state index contributed by atoms with van der Waals surface area (Å²) in [7, 11) is 3.62. The quantitative estimate of drug-likeness (QED) is 0.866. The lowest BCUT2D eigenvalue weighted by Gasteiger charge is -2.26. The molecule has 1 saturated heterocycles. The Kier molecular flexibility index (Phi) is 4.47. The second kappa shape index (κ2) is 5.92. The van der Waals surface area contributed by atoms with E-state index < -0.39 is 0 Å². The van der Waals surface area contributed by atoms with E-state index in [1.807, 2.05) is 32.3 Å². The number of nitrogens with zero attached hydrogens (tertiary/aromatic N) is 2. The SMILES string of the molecule is CN(C)C(=O)C1CCCN1Cc1ccc(Br)cc1N. The predicted molar refractivity (Wildman–Crippen MR) is 80.7 cm³/mol. The van der Waals surface area contributed by atoms with Crippen LogP contribution in [-0.4, -0.2) is 42.4 Å². The summed E-state index contributed by atoms with van der Waals surface area (Å²) in [4.78, 5) is 16.0. The largest absolute Gasteiger partial charge is 0.398 e. The number of likely N-dealkylation sites (N-methyl/N-ethyl adjacent to an activating group) is 1. The van der Waals surface area contributed by atoms with Gasteiger partial charge in [0.2, 0.25) is 5.91 Å². The highest BCUT2D eigenvalue weighted by Crippen LogP contribution is 2.25. The zero-order chi connectivity index (χ0) is 14.0.